The average molecular weight is 302 g/mol. The molecular formula is C12H15IO. The first-order chi connectivity index (χ1) is 6.81. The van der Waals surface area contributed by atoms with E-state index in [2.05, 4.69) is 53.8 Å². The minimum atomic E-state index is 0.343. The van der Waals surface area contributed by atoms with Crippen LogP contribution in [0.25, 0.3) is 0 Å². The van der Waals surface area contributed by atoms with Crippen molar-refractivity contribution in [3.05, 3.63) is 35.4 Å². The van der Waals surface area contributed by atoms with Crippen LogP contribution < -0.4 is 0 Å². The fourth-order valence-electron chi connectivity index (χ4n) is 1.98. The van der Waals surface area contributed by atoms with Crippen molar-refractivity contribution < 1.29 is 4.74 Å². The first-order valence-electron chi connectivity index (χ1n) is 5.10. The lowest BCUT2D eigenvalue weighted by atomic mass is 10.1. The van der Waals surface area contributed by atoms with Gasteiger partial charge in [-0.2, -0.15) is 0 Å². The predicted octanol–water partition coefficient (Wildman–Crippen LogP) is 3.51. The van der Waals surface area contributed by atoms with E-state index < -0.39 is 0 Å². The lowest BCUT2D eigenvalue weighted by molar-refractivity contribution is 0.0119. The summed E-state index contributed by atoms with van der Waals surface area (Å²) in [5.41, 5.74) is 2.88. The molecule has 2 heteroatoms. The van der Waals surface area contributed by atoms with Crippen LogP contribution in [0.15, 0.2) is 24.3 Å². The van der Waals surface area contributed by atoms with Gasteiger partial charge in [-0.1, -0.05) is 46.9 Å². The zero-order chi connectivity index (χ0) is 9.97. The summed E-state index contributed by atoms with van der Waals surface area (Å²) in [5, 5.41) is 0. The normalized spacial score (nSPS) is 22.0. The first-order valence-corrected chi connectivity index (χ1v) is 6.63. The Labute approximate surface area is 99.0 Å². The number of rotatable bonds is 3. The molecule has 1 nitrogen and oxygen atoms in total. The van der Waals surface area contributed by atoms with E-state index in [1.807, 2.05) is 0 Å². The van der Waals surface area contributed by atoms with Gasteiger partial charge in [0.05, 0.1) is 12.2 Å². The minimum absolute atomic E-state index is 0.343. The molecule has 2 rings (SSSR count). The van der Waals surface area contributed by atoms with Crippen molar-refractivity contribution in [3.63, 3.8) is 0 Å². The topological polar surface area (TPSA) is 9.23 Å². The second-order valence-corrected chi connectivity index (χ2v) is 4.71. The molecule has 0 heterocycles. The van der Waals surface area contributed by atoms with Gasteiger partial charge in [0, 0.05) is 4.43 Å². The molecule has 0 saturated carbocycles. The molecule has 0 amide bonds. The Hall–Kier alpha value is -0.0900. The monoisotopic (exact) mass is 302 g/mol. The summed E-state index contributed by atoms with van der Waals surface area (Å²) in [6, 6.07) is 8.64. The lowest BCUT2D eigenvalue weighted by Gasteiger charge is -2.17. The number of benzene rings is 1. The maximum absolute atomic E-state index is 5.98. The maximum atomic E-state index is 5.98. The van der Waals surface area contributed by atoms with Crippen LogP contribution in [0.2, 0.25) is 0 Å². The van der Waals surface area contributed by atoms with Gasteiger partial charge in [-0.15, -0.1) is 0 Å². The molecule has 0 aliphatic heterocycles. The number of hydrogen-bond donors (Lipinski definition) is 0. The van der Waals surface area contributed by atoms with E-state index in [0.29, 0.717) is 12.2 Å². The lowest BCUT2D eigenvalue weighted by Crippen LogP contribution is -2.12. The first kappa shape index (κ1) is 10.4. The Morgan fingerprint density at radius 2 is 2.29 bits per heavy atom. The smallest absolute Gasteiger partial charge is 0.0834 e. The molecule has 2 unspecified atom stereocenters. The van der Waals surface area contributed by atoms with E-state index in [-0.39, 0.29) is 0 Å². The quantitative estimate of drug-likeness (QED) is 0.613. The van der Waals surface area contributed by atoms with Crippen LogP contribution in [0.3, 0.4) is 0 Å². The molecule has 2 atom stereocenters. The molecule has 0 spiro atoms. The van der Waals surface area contributed by atoms with Crippen molar-refractivity contribution in [2.24, 2.45) is 0 Å². The molecule has 1 aromatic rings. The molecule has 1 aliphatic carbocycles. The fourth-order valence-corrected chi connectivity index (χ4v) is 2.18. The van der Waals surface area contributed by atoms with Crippen molar-refractivity contribution in [2.75, 3.05) is 4.43 Å². The van der Waals surface area contributed by atoms with E-state index in [9.17, 15) is 0 Å². The van der Waals surface area contributed by atoms with Crippen molar-refractivity contribution >= 4 is 22.6 Å². The van der Waals surface area contributed by atoms with Gasteiger partial charge in [-0.05, 0) is 30.9 Å². The summed E-state index contributed by atoms with van der Waals surface area (Å²) in [7, 11) is 0. The van der Waals surface area contributed by atoms with Gasteiger partial charge in [0.25, 0.3) is 0 Å². The van der Waals surface area contributed by atoms with Gasteiger partial charge in [-0.3, -0.25) is 0 Å². The third kappa shape index (κ3) is 2.11. The van der Waals surface area contributed by atoms with E-state index in [1.165, 1.54) is 17.5 Å². The molecule has 1 aromatic carbocycles. The van der Waals surface area contributed by atoms with Gasteiger partial charge in [0.15, 0.2) is 0 Å². The Bertz CT molecular complexity index is 311. The van der Waals surface area contributed by atoms with Gasteiger partial charge < -0.3 is 4.74 Å². The molecule has 0 N–H and O–H groups in total. The molecule has 0 bridgehead atoms. The summed E-state index contributed by atoms with van der Waals surface area (Å²) in [6.45, 7) is 2.15. The molecule has 0 fully saturated rings. The van der Waals surface area contributed by atoms with E-state index >= 15 is 0 Å². The largest absolute Gasteiger partial charge is 0.370 e. The van der Waals surface area contributed by atoms with Crippen molar-refractivity contribution in [1.82, 2.24) is 0 Å². The van der Waals surface area contributed by atoms with Crippen molar-refractivity contribution in [2.45, 2.75) is 32.0 Å². The minimum Gasteiger partial charge on any atom is -0.370 e. The number of ether oxygens (including phenoxy) is 1. The summed E-state index contributed by atoms with van der Waals surface area (Å²) < 4.78 is 7.05. The highest BCUT2D eigenvalue weighted by molar-refractivity contribution is 14.1. The van der Waals surface area contributed by atoms with Gasteiger partial charge in [0.2, 0.25) is 0 Å². The zero-order valence-electron chi connectivity index (χ0n) is 8.37. The van der Waals surface area contributed by atoms with Crippen molar-refractivity contribution in [3.8, 4) is 0 Å². The number of alkyl halides is 1. The Morgan fingerprint density at radius 1 is 1.50 bits per heavy atom. The number of fused-ring (bicyclic) bond motifs is 1. The molecular weight excluding hydrogens is 287 g/mol. The third-order valence-electron chi connectivity index (χ3n) is 2.69. The molecule has 76 valence electrons. The van der Waals surface area contributed by atoms with Crippen LogP contribution in [0.5, 0.6) is 0 Å². The number of halogens is 1. The van der Waals surface area contributed by atoms with Gasteiger partial charge >= 0.3 is 0 Å². The third-order valence-corrected chi connectivity index (χ3v) is 3.93. The number of aryl methyl sites for hydroxylation is 1. The highest BCUT2D eigenvalue weighted by Crippen LogP contribution is 2.34. The summed E-state index contributed by atoms with van der Waals surface area (Å²) >= 11 is 2.37. The zero-order valence-corrected chi connectivity index (χ0v) is 10.5. The van der Waals surface area contributed by atoms with Gasteiger partial charge in [-0.25, -0.2) is 0 Å². The molecule has 1 aliphatic rings. The second-order valence-electron chi connectivity index (χ2n) is 3.83. The Balaban J connectivity index is 2.10. The van der Waals surface area contributed by atoms with Crippen molar-refractivity contribution in [1.29, 1.82) is 0 Å². The molecule has 0 aromatic heterocycles. The molecule has 14 heavy (non-hydrogen) atoms. The fraction of sp³-hybridized carbons (Fsp3) is 0.500. The van der Waals surface area contributed by atoms with Crippen LogP contribution in [0, 0.1) is 0 Å². The van der Waals surface area contributed by atoms with Crippen LogP contribution in [-0.2, 0) is 11.2 Å². The van der Waals surface area contributed by atoms with Crippen LogP contribution >= 0.6 is 22.6 Å². The predicted molar refractivity (Wildman–Crippen MR) is 66.9 cm³/mol. The standard InChI is InChI=1S/C12H15IO/c1-9(8-13)14-12-7-6-10-4-2-3-5-11(10)12/h2-5,9,12H,6-8H2,1H3. The van der Waals surface area contributed by atoms with Crippen LogP contribution in [0.4, 0.5) is 0 Å². The van der Waals surface area contributed by atoms with E-state index in [0.717, 1.165) is 10.8 Å². The highest BCUT2D eigenvalue weighted by atomic mass is 127. The highest BCUT2D eigenvalue weighted by Gasteiger charge is 2.23. The molecule has 0 saturated heterocycles. The van der Waals surface area contributed by atoms with Gasteiger partial charge in [0.1, 0.15) is 0 Å². The average Bonchev–Trinajstić information content (AvgIpc) is 2.62. The maximum Gasteiger partial charge on any atom is 0.0834 e. The SMILES string of the molecule is CC(CI)OC1CCc2ccccc21. The van der Waals surface area contributed by atoms with E-state index in [4.69, 9.17) is 4.74 Å². The summed E-state index contributed by atoms with van der Waals surface area (Å²) in [5.74, 6) is 0. The van der Waals surface area contributed by atoms with Crippen LogP contribution in [-0.4, -0.2) is 10.5 Å². The number of hydrogen-bond acceptors (Lipinski definition) is 1. The van der Waals surface area contributed by atoms with Crippen LogP contribution in [0.1, 0.15) is 30.6 Å². The Kier molecular flexibility index (Phi) is 3.44. The Morgan fingerprint density at radius 3 is 3.07 bits per heavy atom. The molecule has 0 radical (unpaired) electrons. The summed E-state index contributed by atoms with van der Waals surface area (Å²) in [4.78, 5) is 0. The summed E-state index contributed by atoms with van der Waals surface area (Å²) in [6.07, 6.45) is 3.04. The second kappa shape index (κ2) is 4.62. The van der Waals surface area contributed by atoms with E-state index in [1.54, 1.807) is 0 Å².